The smallest absolute Gasteiger partial charge is 0.321 e. The summed E-state index contributed by atoms with van der Waals surface area (Å²) < 4.78 is 11.6. The van der Waals surface area contributed by atoms with E-state index in [9.17, 15) is 9.59 Å². The lowest BCUT2D eigenvalue weighted by atomic mass is 10.0. The normalized spacial score (nSPS) is 24.4. The van der Waals surface area contributed by atoms with Gasteiger partial charge in [0.1, 0.15) is 0 Å². The first-order valence-electron chi connectivity index (χ1n) is 11.2. The molecule has 6 nitrogen and oxygen atoms in total. The van der Waals surface area contributed by atoms with E-state index >= 15 is 0 Å². The molecule has 2 rings (SSSR count). The number of nitrogens with zero attached hydrogens (tertiary/aromatic N) is 2. The summed E-state index contributed by atoms with van der Waals surface area (Å²) in [7, 11) is 0. The average Bonchev–Trinajstić information content (AvgIpc) is 2.71. The zero-order chi connectivity index (χ0) is 21.1. The Labute approximate surface area is 175 Å². The number of carbonyl (C=O) groups excluding carboxylic acids is 2. The quantitative estimate of drug-likeness (QED) is 0.295. The molecule has 2 heterocycles. The second-order valence-electron chi connectivity index (χ2n) is 8.04. The fourth-order valence-corrected chi connectivity index (χ4v) is 4.11. The van der Waals surface area contributed by atoms with Crippen molar-refractivity contribution in [2.75, 3.05) is 26.2 Å². The third-order valence-corrected chi connectivity index (χ3v) is 5.75. The Morgan fingerprint density at radius 2 is 1.41 bits per heavy atom. The van der Waals surface area contributed by atoms with Gasteiger partial charge < -0.3 is 9.47 Å². The number of hydrogen-bond donors (Lipinski definition) is 0. The van der Waals surface area contributed by atoms with E-state index in [0.717, 1.165) is 64.5 Å². The number of rotatable bonds is 11. The van der Waals surface area contributed by atoms with E-state index in [4.69, 9.17) is 9.47 Å². The van der Waals surface area contributed by atoms with Crippen molar-refractivity contribution in [1.29, 1.82) is 0 Å². The van der Waals surface area contributed by atoms with Gasteiger partial charge in [0, 0.05) is 26.2 Å². The van der Waals surface area contributed by atoms with Crippen LogP contribution in [0.4, 0.5) is 0 Å². The fraction of sp³-hybridized carbons (Fsp3) is 0.739. The third kappa shape index (κ3) is 7.27. The number of esters is 2. The summed E-state index contributed by atoms with van der Waals surface area (Å²) in [4.78, 5) is 30.1. The summed E-state index contributed by atoms with van der Waals surface area (Å²) in [6.07, 6.45) is 11.1. The van der Waals surface area contributed by atoms with Gasteiger partial charge in [-0.05, 0) is 44.9 Å². The van der Waals surface area contributed by atoms with E-state index in [-0.39, 0.29) is 12.5 Å². The third-order valence-electron chi connectivity index (χ3n) is 5.75. The molecule has 0 amide bonds. The highest BCUT2D eigenvalue weighted by Crippen LogP contribution is 2.24. The van der Waals surface area contributed by atoms with Gasteiger partial charge in [-0.1, -0.05) is 31.9 Å². The topological polar surface area (TPSA) is 59.1 Å². The number of likely N-dealkylation sites (tertiary alicyclic amines) is 2. The molecule has 29 heavy (non-hydrogen) atoms. The highest BCUT2D eigenvalue weighted by Gasteiger charge is 2.36. The predicted molar refractivity (Wildman–Crippen MR) is 114 cm³/mol. The van der Waals surface area contributed by atoms with Crippen molar-refractivity contribution < 1.29 is 19.1 Å². The summed E-state index contributed by atoms with van der Waals surface area (Å²) in [5.74, 6) is -1.75. The molecule has 0 aromatic heterocycles. The Hall–Kier alpha value is -1.66. The Bertz CT molecular complexity index is 507. The minimum Gasteiger partial charge on any atom is -0.446 e. The SMILES string of the molecule is C=CCN1CCCCC1OC(=O)C(CCCC)C(=O)OC1CCCCN1CC=C. The zero-order valence-corrected chi connectivity index (χ0v) is 18.0. The molecular weight excluding hydrogens is 368 g/mol. The molecule has 0 spiro atoms. The molecule has 2 saturated heterocycles. The van der Waals surface area contributed by atoms with Gasteiger partial charge in [-0.25, -0.2) is 0 Å². The lowest BCUT2D eigenvalue weighted by Crippen LogP contribution is -2.46. The number of carbonyl (C=O) groups is 2. The van der Waals surface area contributed by atoms with Gasteiger partial charge in [-0.15, -0.1) is 13.2 Å². The van der Waals surface area contributed by atoms with Gasteiger partial charge in [0.2, 0.25) is 0 Å². The van der Waals surface area contributed by atoms with Crippen LogP contribution >= 0.6 is 0 Å². The van der Waals surface area contributed by atoms with E-state index in [1.165, 1.54) is 0 Å². The average molecular weight is 407 g/mol. The van der Waals surface area contributed by atoms with Gasteiger partial charge in [-0.3, -0.25) is 19.4 Å². The molecular formula is C23H38N2O4. The minimum atomic E-state index is -0.852. The van der Waals surface area contributed by atoms with Gasteiger partial charge >= 0.3 is 11.9 Å². The predicted octanol–water partition coefficient (Wildman–Crippen LogP) is 3.88. The molecule has 0 aromatic rings. The monoisotopic (exact) mass is 406 g/mol. The highest BCUT2D eigenvalue weighted by molar-refractivity contribution is 5.95. The first-order chi connectivity index (χ1) is 14.1. The Balaban J connectivity index is 2.02. The maximum absolute atomic E-state index is 13.0. The van der Waals surface area contributed by atoms with Crippen LogP contribution in [0, 0.1) is 5.92 Å². The summed E-state index contributed by atoms with van der Waals surface area (Å²) >= 11 is 0. The maximum atomic E-state index is 13.0. The fourth-order valence-electron chi connectivity index (χ4n) is 4.11. The van der Waals surface area contributed by atoms with Crippen molar-refractivity contribution in [3.05, 3.63) is 25.3 Å². The first kappa shape index (κ1) is 23.6. The largest absolute Gasteiger partial charge is 0.446 e. The molecule has 6 heteroatoms. The van der Waals surface area contributed by atoms with E-state index in [0.29, 0.717) is 19.5 Å². The lowest BCUT2D eigenvalue weighted by Gasteiger charge is -2.36. The first-order valence-corrected chi connectivity index (χ1v) is 11.2. The van der Waals surface area contributed by atoms with Crippen molar-refractivity contribution in [3.63, 3.8) is 0 Å². The highest BCUT2D eigenvalue weighted by atomic mass is 16.6. The standard InChI is InChI=1S/C23H38N2O4/c1-4-7-12-19(22(26)28-20-13-8-10-17-24(20)15-5-2)23(27)29-21-14-9-11-18-25(21)16-6-3/h5-6,19-21H,2-4,7-18H2,1H3. The summed E-state index contributed by atoms with van der Waals surface area (Å²) in [5.41, 5.74) is 0. The maximum Gasteiger partial charge on any atom is 0.321 e. The van der Waals surface area contributed by atoms with Crippen LogP contribution in [0.5, 0.6) is 0 Å². The van der Waals surface area contributed by atoms with Gasteiger partial charge in [0.05, 0.1) is 0 Å². The Kier molecular flexibility index (Phi) is 10.4. The molecule has 0 bridgehead atoms. The van der Waals surface area contributed by atoms with Crippen LogP contribution < -0.4 is 0 Å². The van der Waals surface area contributed by atoms with Gasteiger partial charge in [0.25, 0.3) is 0 Å². The molecule has 2 aliphatic rings. The van der Waals surface area contributed by atoms with Crippen molar-refractivity contribution in [3.8, 4) is 0 Å². The number of piperidine rings is 2. The summed E-state index contributed by atoms with van der Waals surface area (Å²) in [6.45, 7) is 12.8. The molecule has 0 N–H and O–H groups in total. The van der Waals surface area contributed by atoms with E-state index in [2.05, 4.69) is 23.0 Å². The second-order valence-corrected chi connectivity index (χ2v) is 8.04. The van der Waals surface area contributed by atoms with Crippen LogP contribution in [-0.2, 0) is 19.1 Å². The molecule has 0 aliphatic carbocycles. The number of hydrogen-bond acceptors (Lipinski definition) is 6. The lowest BCUT2D eigenvalue weighted by molar-refractivity contribution is -0.181. The number of ether oxygens (including phenoxy) is 2. The van der Waals surface area contributed by atoms with Crippen LogP contribution in [0.1, 0.15) is 64.7 Å². The number of unbranched alkanes of at least 4 members (excludes halogenated alkanes) is 1. The van der Waals surface area contributed by atoms with Crippen molar-refractivity contribution in [1.82, 2.24) is 9.80 Å². The van der Waals surface area contributed by atoms with Crippen LogP contribution in [0.15, 0.2) is 25.3 Å². The van der Waals surface area contributed by atoms with Crippen molar-refractivity contribution >= 4 is 11.9 Å². The Morgan fingerprint density at radius 3 is 1.83 bits per heavy atom. The Morgan fingerprint density at radius 1 is 0.931 bits per heavy atom. The van der Waals surface area contributed by atoms with Crippen LogP contribution in [-0.4, -0.2) is 60.4 Å². The van der Waals surface area contributed by atoms with E-state index < -0.39 is 17.9 Å². The minimum absolute atomic E-state index is 0.280. The summed E-state index contributed by atoms with van der Waals surface area (Å²) in [5, 5.41) is 0. The van der Waals surface area contributed by atoms with Gasteiger partial charge in [-0.2, -0.15) is 0 Å². The van der Waals surface area contributed by atoms with Gasteiger partial charge in [0.15, 0.2) is 18.4 Å². The molecule has 0 aromatic carbocycles. The van der Waals surface area contributed by atoms with Crippen molar-refractivity contribution in [2.45, 2.75) is 77.2 Å². The van der Waals surface area contributed by atoms with Crippen LogP contribution in [0.25, 0.3) is 0 Å². The molecule has 2 atom stereocenters. The molecule has 0 radical (unpaired) electrons. The van der Waals surface area contributed by atoms with Crippen LogP contribution in [0.2, 0.25) is 0 Å². The molecule has 2 aliphatic heterocycles. The van der Waals surface area contributed by atoms with E-state index in [1.54, 1.807) is 0 Å². The molecule has 2 unspecified atom stereocenters. The van der Waals surface area contributed by atoms with Crippen molar-refractivity contribution in [2.24, 2.45) is 5.92 Å². The van der Waals surface area contributed by atoms with Crippen LogP contribution in [0.3, 0.4) is 0 Å². The molecule has 164 valence electrons. The zero-order valence-electron chi connectivity index (χ0n) is 18.0. The van der Waals surface area contributed by atoms with E-state index in [1.807, 2.05) is 19.1 Å². The second kappa shape index (κ2) is 12.8. The summed E-state index contributed by atoms with van der Waals surface area (Å²) in [6, 6.07) is 0. The molecule has 0 saturated carbocycles. The molecule has 2 fully saturated rings.